The van der Waals surface area contributed by atoms with Crippen molar-refractivity contribution in [3.63, 3.8) is 0 Å². The molecular formula is C20H19F3N4O2S. The number of carbonyl (C=O) groups excluding carboxylic acids is 2. The fourth-order valence-electron chi connectivity index (χ4n) is 2.41. The lowest BCUT2D eigenvalue weighted by molar-refractivity contribution is -0.137. The summed E-state index contributed by atoms with van der Waals surface area (Å²) in [7, 11) is 0. The number of Topliss-reactive ketones (excluding diaryl/α,β-unsaturated/α-hetero) is 1. The van der Waals surface area contributed by atoms with Gasteiger partial charge in [-0.25, -0.2) is 0 Å². The molecule has 6 nitrogen and oxygen atoms in total. The first-order valence-corrected chi connectivity index (χ1v) is 9.93. The Morgan fingerprint density at radius 1 is 1.03 bits per heavy atom. The minimum absolute atomic E-state index is 0.0231. The third-order valence-electron chi connectivity index (χ3n) is 4.18. The summed E-state index contributed by atoms with van der Waals surface area (Å²) in [6, 6.07) is 8.60. The largest absolute Gasteiger partial charge is 0.417 e. The maximum atomic E-state index is 12.9. The summed E-state index contributed by atoms with van der Waals surface area (Å²) in [6.07, 6.45) is -3.57. The second kappa shape index (κ2) is 8.10. The van der Waals surface area contributed by atoms with Crippen LogP contribution in [0.4, 0.5) is 18.9 Å². The number of carbonyl (C=O) groups is 2. The lowest BCUT2D eigenvalue weighted by Gasteiger charge is -2.17. The van der Waals surface area contributed by atoms with Gasteiger partial charge in [-0.1, -0.05) is 32.5 Å². The van der Waals surface area contributed by atoms with Crippen molar-refractivity contribution < 1.29 is 22.8 Å². The lowest BCUT2D eigenvalue weighted by Crippen LogP contribution is -2.27. The van der Waals surface area contributed by atoms with Gasteiger partial charge in [0.25, 0.3) is 0 Å². The maximum absolute atomic E-state index is 12.9. The molecule has 0 spiro atoms. The second-order valence-corrected chi connectivity index (χ2v) is 8.56. The normalized spacial score (nSPS) is 12.2. The number of benzene rings is 1. The molecule has 0 fully saturated rings. The highest BCUT2D eigenvalue weighted by Crippen LogP contribution is 2.30. The number of aromatic nitrogens is 3. The smallest absolute Gasteiger partial charge is 0.326 e. The van der Waals surface area contributed by atoms with Crippen LogP contribution in [0.5, 0.6) is 0 Å². The third kappa shape index (κ3) is 4.99. The van der Waals surface area contributed by atoms with Crippen molar-refractivity contribution in [3.05, 3.63) is 53.7 Å². The first-order valence-electron chi connectivity index (χ1n) is 8.94. The molecule has 2 aromatic heterocycles. The molecule has 1 amide bonds. The molecule has 1 N–H and O–H groups in total. The molecular weight excluding hydrogens is 417 g/mol. The number of rotatable bonds is 5. The van der Waals surface area contributed by atoms with Gasteiger partial charge in [-0.2, -0.15) is 13.2 Å². The molecule has 0 aliphatic rings. The summed E-state index contributed by atoms with van der Waals surface area (Å²) in [5, 5.41) is 10.7. The van der Waals surface area contributed by atoms with E-state index < -0.39 is 17.2 Å². The van der Waals surface area contributed by atoms with E-state index in [0.717, 1.165) is 24.0 Å². The average Bonchev–Trinajstić information content (AvgIpc) is 3.07. The van der Waals surface area contributed by atoms with E-state index in [9.17, 15) is 22.8 Å². The fraction of sp³-hybridized carbons (Fsp3) is 0.300. The molecule has 30 heavy (non-hydrogen) atoms. The van der Waals surface area contributed by atoms with Crippen molar-refractivity contribution in [1.29, 1.82) is 0 Å². The molecule has 0 saturated heterocycles. The standard InChI is InChI=1S/C20H19F3N4O2S/c1-19(2,3)17(29)24-14-7-4-12(5-8-14)15(28)11-30-18-26-25-16-9-6-13(10-27(16)18)20(21,22)23/h4-10H,11H2,1-3H3,(H,24,29). The van der Waals surface area contributed by atoms with Gasteiger partial charge in [-0.05, 0) is 36.4 Å². The van der Waals surface area contributed by atoms with Crippen LogP contribution in [0.2, 0.25) is 0 Å². The van der Waals surface area contributed by atoms with Crippen LogP contribution >= 0.6 is 11.8 Å². The Bertz CT molecular complexity index is 1090. The monoisotopic (exact) mass is 436 g/mol. The molecule has 0 saturated carbocycles. The number of pyridine rings is 1. The van der Waals surface area contributed by atoms with Gasteiger partial charge in [0.15, 0.2) is 16.6 Å². The molecule has 0 bridgehead atoms. The van der Waals surface area contributed by atoms with E-state index in [0.29, 0.717) is 11.3 Å². The fourth-order valence-corrected chi connectivity index (χ4v) is 3.22. The highest BCUT2D eigenvalue weighted by Gasteiger charge is 2.31. The first kappa shape index (κ1) is 21.8. The number of fused-ring (bicyclic) bond motifs is 1. The SMILES string of the molecule is CC(C)(C)C(=O)Nc1ccc(C(=O)CSc2nnc3ccc(C(F)(F)F)cn23)cc1. The Morgan fingerprint density at radius 2 is 1.70 bits per heavy atom. The highest BCUT2D eigenvalue weighted by molar-refractivity contribution is 7.99. The van der Waals surface area contributed by atoms with Crippen LogP contribution < -0.4 is 5.32 Å². The van der Waals surface area contributed by atoms with Gasteiger partial charge in [0.1, 0.15) is 0 Å². The summed E-state index contributed by atoms with van der Waals surface area (Å²) in [5.41, 5.74) is -0.117. The molecule has 1 aromatic carbocycles. The van der Waals surface area contributed by atoms with Crippen molar-refractivity contribution >= 4 is 34.8 Å². The quantitative estimate of drug-likeness (QED) is 0.463. The summed E-state index contributed by atoms with van der Waals surface area (Å²) in [6.45, 7) is 5.38. The van der Waals surface area contributed by atoms with Gasteiger partial charge in [-0.15, -0.1) is 10.2 Å². The Balaban J connectivity index is 1.68. The lowest BCUT2D eigenvalue weighted by atomic mass is 9.95. The third-order valence-corrected chi connectivity index (χ3v) is 5.12. The number of halogens is 3. The minimum atomic E-state index is -4.49. The molecule has 3 rings (SSSR count). The summed E-state index contributed by atoms with van der Waals surface area (Å²) in [4.78, 5) is 24.5. The number of thioether (sulfide) groups is 1. The second-order valence-electron chi connectivity index (χ2n) is 7.62. The van der Waals surface area contributed by atoms with Gasteiger partial charge in [0, 0.05) is 22.9 Å². The molecule has 3 aromatic rings. The zero-order chi connectivity index (χ0) is 22.1. The molecule has 10 heteroatoms. The number of nitrogens with zero attached hydrogens (tertiary/aromatic N) is 3. The van der Waals surface area contributed by atoms with Crippen molar-refractivity contribution in [2.75, 3.05) is 11.1 Å². The van der Waals surface area contributed by atoms with Crippen LogP contribution in [0.25, 0.3) is 5.65 Å². The number of nitrogens with one attached hydrogen (secondary N) is 1. The minimum Gasteiger partial charge on any atom is -0.326 e. The van der Waals surface area contributed by atoms with Gasteiger partial charge < -0.3 is 5.32 Å². The maximum Gasteiger partial charge on any atom is 0.417 e. The number of amides is 1. The first-order chi connectivity index (χ1) is 13.9. The van der Waals surface area contributed by atoms with Crippen LogP contribution in [0.15, 0.2) is 47.8 Å². The Morgan fingerprint density at radius 3 is 2.30 bits per heavy atom. The van der Waals surface area contributed by atoms with E-state index in [1.165, 1.54) is 10.5 Å². The van der Waals surface area contributed by atoms with Gasteiger partial charge in [0.2, 0.25) is 5.91 Å². The summed E-state index contributed by atoms with van der Waals surface area (Å²) in [5.74, 6) is -0.392. The number of anilines is 1. The van der Waals surface area contributed by atoms with E-state index in [2.05, 4.69) is 15.5 Å². The van der Waals surface area contributed by atoms with E-state index in [4.69, 9.17) is 0 Å². The number of ketones is 1. The Labute approximate surface area is 174 Å². The molecule has 0 aliphatic heterocycles. The molecule has 0 aliphatic carbocycles. The van der Waals surface area contributed by atoms with Gasteiger partial charge in [-0.3, -0.25) is 14.0 Å². The van der Waals surface area contributed by atoms with Gasteiger partial charge >= 0.3 is 6.18 Å². The molecule has 0 unspecified atom stereocenters. The molecule has 0 atom stereocenters. The summed E-state index contributed by atoms with van der Waals surface area (Å²) >= 11 is 1.000. The number of hydrogen-bond acceptors (Lipinski definition) is 5. The topological polar surface area (TPSA) is 76.4 Å². The van der Waals surface area contributed by atoms with Crippen molar-refractivity contribution in [2.24, 2.45) is 5.41 Å². The van der Waals surface area contributed by atoms with Crippen LogP contribution in [0.1, 0.15) is 36.7 Å². The van der Waals surface area contributed by atoms with Crippen LogP contribution in [0.3, 0.4) is 0 Å². The Hall–Kier alpha value is -2.88. The zero-order valence-corrected chi connectivity index (χ0v) is 17.3. The Kier molecular flexibility index (Phi) is 5.89. The highest BCUT2D eigenvalue weighted by atomic mass is 32.2. The van der Waals surface area contributed by atoms with Crippen LogP contribution in [0, 0.1) is 5.41 Å². The van der Waals surface area contributed by atoms with Gasteiger partial charge in [0.05, 0.1) is 11.3 Å². The van der Waals surface area contributed by atoms with Crippen molar-refractivity contribution in [3.8, 4) is 0 Å². The van der Waals surface area contributed by atoms with E-state index >= 15 is 0 Å². The summed E-state index contributed by atoms with van der Waals surface area (Å²) < 4.78 is 40.0. The van der Waals surface area contributed by atoms with E-state index in [1.54, 1.807) is 45.0 Å². The predicted octanol–water partition coefficient (Wildman–Crippen LogP) is 4.71. The van der Waals surface area contributed by atoms with Crippen molar-refractivity contribution in [2.45, 2.75) is 32.1 Å². The van der Waals surface area contributed by atoms with Crippen LogP contribution in [-0.4, -0.2) is 32.0 Å². The van der Waals surface area contributed by atoms with Crippen molar-refractivity contribution in [1.82, 2.24) is 14.6 Å². The van der Waals surface area contributed by atoms with E-state index in [-0.39, 0.29) is 28.2 Å². The van der Waals surface area contributed by atoms with E-state index in [1.807, 2.05) is 0 Å². The molecule has 158 valence electrons. The zero-order valence-electron chi connectivity index (χ0n) is 16.4. The molecule has 0 radical (unpaired) electrons. The van der Waals surface area contributed by atoms with Crippen LogP contribution in [-0.2, 0) is 11.0 Å². The predicted molar refractivity (Wildman–Crippen MR) is 108 cm³/mol. The number of alkyl halides is 3. The average molecular weight is 436 g/mol. The number of hydrogen-bond donors (Lipinski definition) is 1. The molecule has 2 heterocycles.